The fourth-order valence-corrected chi connectivity index (χ4v) is 6.59. The Kier molecular flexibility index (Phi) is 6.51. The van der Waals surface area contributed by atoms with Gasteiger partial charge in [-0.2, -0.15) is 0 Å². The predicted molar refractivity (Wildman–Crippen MR) is 121 cm³/mol. The Balaban J connectivity index is 1.41. The van der Waals surface area contributed by atoms with Gasteiger partial charge in [-0.05, 0) is 49.2 Å². The summed E-state index contributed by atoms with van der Waals surface area (Å²) in [5.41, 5.74) is 1.86. The molecule has 4 rings (SSSR count). The SMILES string of the molecule is O=S(=O)(c1ccc(OC(F)(F)F)cc1)C1CCN(c2nc(-c3cccc(Br)c3)cs2)CC1. The zero-order chi connectivity index (χ0) is 22.9. The average molecular weight is 547 g/mol. The number of rotatable bonds is 5. The van der Waals surface area contributed by atoms with Crippen LogP contribution in [0.3, 0.4) is 0 Å². The van der Waals surface area contributed by atoms with E-state index in [1.807, 2.05) is 29.6 Å². The van der Waals surface area contributed by atoms with Crippen LogP contribution in [-0.4, -0.2) is 38.1 Å². The molecule has 0 atom stereocenters. The number of benzene rings is 2. The van der Waals surface area contributed by atoms with Crippen molar-refractivity contribution in [2.75, 3.05) is 18.0 Å². The molecule has 0 spiro atoms. The number of thiazole rings is 1. The van der Waals surface area contributed by atoms with Crippen molar-refractivity contribution in [1.29, 1.82) is 0 Å². The van der Waals surface area contributed by atoms with E-state index in [0.29, 0.717) is 25.9 Å². The second-order valence-corrected chi connectivity index (χ2v) is 11.3. The minimum Gasteiger partial charge on any atom is -0.406 e. The highest BCUT2D eigenvalue weighted by Gasteiger charge is 2.33. The lowest BCUT2D eigenvalue weighted by molar-refractivity contribution is -0.274. The number of nitrogens with zero attached hydrogens (tertiary/aromatic N) is 2. The van der Waals surface area contributed by atoms with Crippen LogP contribution in [0.5, 0.6) is 5.75 Å². The number of halogens is 4. The van der Waals surface area contributed by atoms with E-state index in [1.165, 1.54) is 11.3 Å². The van der Waals surface area contributed by atoms with Gasteiger partial charge in [-0.15, -0.1) is 24.5 Å². The lowest BCUT2D eigenvalue weighted by Gasteiger charge is -2.31. The van der Waals surface area contributed by atoms with Gasteiger partial charge in [0.15, 0.2) is 15.0 Å². The van der Waals surface area contributed by atoms with Crippen LogP contribution >= 0.6 is 27.3 Å². The third-order valence-corrected chi connectivity index (χ3v) is 8.82. The number of hydrogen-bond acceptors (Lipinski definition) is 6. The van der Waals surface area contributed by atoms with Gasteiger partial charge in [0.05, 0.1) is 15.8 Å². The smallest absolute Gasteiger partial charge is 0.406 e. The van der Waals surface area contributed by atoms with Gasteiger partial charge < -0.3 is 9.64 Å². The summed E-state index contributed by atoms with van der Waals surface area (Å²) in [5.74, 6) is -0.448. The minimum atomic E-state index is -4.82. The monoisotopic (exact) mass is 546 g/mol. The molecule has 2 heterocycles. The lowest BCUT2D eigenvalue weighted by atomic mass is 10.1. The average Bonchev–Trinajstić information content (AvgIpc) is 3.23. The summed E-state index contributed by atoms with van der Waals surface area (Å²) < 4.78 is 67.6. The maximum Gasteiger partial charge on any atom is 0.573 e. The molecule has 0 bridgehead atoms. The largest absolute Gasteiger partial charge is 0.573 e. The topological polar surface area (TPSA) is 59.5 Å². The molecule has 32 heavy (non-hydrogen) atoms. The van der Waals surface area contributed by atoms with E-state index in [4.69, 9.17) is 4.98 Å². The summed E-state index contributed by atoms with van der Waals surface area (Å²) in [6, 6.07) is 12.2. The lowest BCUT2D eigenvalue weighted by Crippen LogP contribution is -2.39. The standard InChI is InChI=1S/C21H18BrF3N2O3S2/c22-15-3-1-2-14(12-15)19-13-31-20(26-19)27-10-8-18(9-11-27)32(28,29)17-6-4-16(5-7-17)30-21(23,24)25/h1-7,12-13,18H,8-11H2. The summed E-state index contributed by atoms with van der Waals surface area (Å²) >= 11 is 4.97. The van der Waals surface area contributed by atoms with Crippen LogP contribution in [0, 0.1) is 0 Å². The number of aromatic nitrogens is 1. The van der Waals surface area contributed by atoms with Gasteiger partial charge in [0.1, 0.15) is 5.75 Å². The number of sulfone groups is 1. The molecule has 170 valence electrons. The Morgan fingerprint density at radius 2 is 1.78 bits per heavy atom. The molecule has 0 N–H and O–H groups in total. The van der Waals surface area contributed by atoms with E-state index in [-0.39, 0.29) is 4.90 Å². The summed E-state index contributed by atoms with van der Waals surface area (Å²) in [7, 11) is -3.66. The maximum absolute atomic E-state index is 12.9. The first-order valence-electron chi connectivity index (χ1n) is 9.68. The van der Waals surface area contributed by atoms with Crippen LogP contribution in [0.4, 0.5) is 18.3 Å². The highest BCUT2D eigenvalue weighted by molar-refractivity contribution is 9.10. The molecule has 1 saturated heterocycles. The molecule has 0 saturated carbocycles. The summed E-state index contributed by atoms with van der Waals surface area (Å²) in [5, 5.41) is 2.21. The van der Waals surface area contributed by atoms with Gasteiger partial charge in [-0.3, -0.25) is 0 Å². The van der Waals surface area contributed by atoms with Crippen LogP contribution in [0.1, 0.15) is 12.8 Å². The fourth-order valence-electron chi connectivity index (χ4n) is 3.57. The van der Waals surface area contributed by atoms with Crippen LogP contribution < -0.4 is 9.64 Å². The highest BCUT2D eigenvalue weighted by Crippen LogP contribution is 2.33. The van der Waals surface area contributed by atoms with Crippen molar-refractivity contribution in [3.8, 4) is 17.0 Å². The number of anilines is 1. The molecule has 2 aromatic carbocycles. The Bertz CT molecular complexity index is 1190. The summed E-state index contributed by atoms with van der Waals surface area (Å²) in [4.78, 5) is 6.76. The Morgan fingerprint density at radius 1 is 1.09 bits per heavy atom. The molecule has 1 aliphatic rings. The molecule has 0 radical (unpaired) electrons. The van der Waals surface area contributed by atoms with Crippen LogP contribution in [0.15, 0.2) is 63.3 Å². The second kappa shape index (κ2) is 9.03. The number of ether oxygens (including phenoxy) is 1. The van der Waals surface area contributed by atoms with Crippen molar-refractivity contribution in [2.45, 2.75) is 29.3 Å². The summed E-state index contributed by atoms with van der Waals surface area (Å²) in [6.45, 7) is 1.06. The van der Waals surface area contributed by atoms with E-state index in [9.17, 15) is 21.6 Å². The minimum absolute atomic E-state index is 0.00309. The van der Waals surface area contributed by atoms with E-state index in [1.54, 1.807) is 0 Å². The number of hydrogen-bond donors (Lipinski definition) is 0. The van der Waals surface area contributed by atoms with Gasteiger partial charge in [0.2, 0.25) is 0 Å². The molecule has 0 amide bonds. The first kappa shape index (κ1) is 23.1. The molecular weight excluding hydrogens is 529 g/mol. The number of piperidine rings is 1. The number of alkyl halides is 3. The van der Waals surface area contributed by atoms with Crippen LogP contribution in [0.25, 0.3) is 11.3 Å². The Hall–Kier alpha value is -2.11. The predicted octanol–water partition coefficient (Wildman–Crippen LogP) is 5.91. The van der Waals surface area contributed by atoms with Gasteiger partial charge in [-0.25, -0.2) is 13.4 Å². The van der Waals surface area contributed by atoms with Crippen molar-refractivity contribution in [3.05, 3.63) is 58.4 Å². The molecule has 1 fully saturated rings. The quantitative estimate of drug-likeness (QED) is 0.398. The Labute approximate surface area is 195 Å². The third kappa shape index (κ3) is 5.26. The van der Waals surface area contributed by atoms with Crippen molar-refractivity contribution in [3.63, 3.8) is 0 Å². The van der Waals surface area contributed by atoms with Crippen molar-refractivity contribution >= 4 is 42.2 Å². The normalized spacial score (nSPS) is 15.7. The van der Waals surface area contributed by atoms with Crippen molar-refractivity contribution in [1.82, 2.24) is 4.98 Å². The molecule has 0 unspecified atom stereocenters. The molecule has 0 aliphatic carbocycles. The Morgan fingerprint density at radius 3 is 2.41 bits per heavy atom. The first-order chi connectivity index (χ1) is 15.1. The highest BCUT2D eigenvalue weighted by atomic mass is 79.9. The zero-order valence-electron chi connectivity index (χ0n) is 16.5. The first-order valence-corrected chi connectivity index (χ1v) is 12.9. The third-order valence-electron chi connectivity index (χ3n) is 5.15. The molecule has 1 aromatic heterocycles. The molecule has 3 aromatic rings. The van der Waals surface area contributed by atoms with E-state index in [0.717, 1.165) is 45.1 Å². The van der Waals surface area contributed by atoms with Gasteiger partial charge in [0.25, 0.3) is 0 Å². The molecule has 1 aliphatic heterocycles. The van der Waals surface area contributed by atoms with E-state index >= 15 is 0 Å². The molecule has 5 nitrogen and oxygen atoms in total. The van der Waals surface area contributed by atoms with Gasteiger partial charge in [-0.1, -0.05) is 28.1 Å². The molecular formula is C21H18BrF3N2O3S2. The van der Waals surface area contributed by atoms with Gasteiger partial charge >= 0.3 is 6.36 Å². The summed E-state index contributed by atoms with van der Waals surface area (Å²) in [6.07, 6.45) is -4.00. The van der Waals surface area contributed by atoms with Crippen LogP contribution in [-0.2, 0) is 9.84 Å². The van der Waals surface area contributed by atoms with E-state index in [2.05, 4.69) is 25.6 Å². The van der Waals surface area contributed by atoms with Gasteiger partial charge in [0, 0.05) is 28.5 Å². The van der Waals surface area contributed by atoms with Crippen molar-refractivity contribution in [2.24, 2.45) is 0 Å². The van der Waals surface area contributed by atoms with Crippen LogP contribution in [0.2, 0.25) is 0 Å². The van der Waals surface area contributed by atoms with Crippen molar-refractivity contribution < 1.29 is 26.3 Å². The fraction of sp³-hybridized carbons (Fsp3) is 0.286. The van der Waals surface area contributed by atoms with E-state index < -0.39 is 27.2 Å². The second-order valence-electron chi connectivity index (χ2n) is 7.28. The maximum atomic E-state index is 12.9. The zero-order valence-corrected chi connectivity index (χ0v) is 19.8. The molecule has 11 heteroatoms.